The van der Waals surface area contributed by atoms with E-state index in [1.807, 2.05) is 41.9 Å². The maximum absolute atomic E-state index is 10.2. The van der Waals surface area contributed by atoms with Crippen LogP contribution in [0.3, 0.4) is 0 Å². The molecule has 3 rings (SSSR count). The zero-order valence-corrected chi connectivity index (χ0v) is 14.5. The Morgan fingerprint density at radius 2 is 2.13 bits per heavy atom. The van der Waals surface area contributed by atoms with E-state index in [1.165, 1.54) is 4.88 Å². The Kier molecular flexibility index (Phi) is 5.51. The SMILES string of the molecule is CC(CC(O)c1cccs1)NCc1cnc(-c2ccccn2)s1. The van der Waals surface area contributed by atoms with E-state index in [9.17, 15) is 5.11 Å². The molecular weight excluding hydrogens is 326 g/mol. The second-order valence-electron chi connectivity index (χ2n) is 5.40. The minimum absolute atomic E-state index is 0.229. The molecule has 0 aliphatic carbocycles. The Hall–Kier alpha value is -1.60. The minimum atomic E-state index is -0.400. The molecule has 3 aromatic rings. The Bertz CT molecular complexity index is 713. The van der Waals surface area contributed by atoms with E-state index in [0.717, 1.165) is 22.1 Å². The van der Waals surface area contributed by atoms with Gasteiger partial charge in [0.05, 0.1) is 11.8 Å². The van der Waals surface area contributed by atoms with Crippen LogP contribution in [0, 0.1) is 0 Å². The van der Waals surface area contributed by atoms with Crippen LogP contribution in [0.2, 0.25) is 0 Å². The normalized spacial score (nSPS) is 13.8. The zero-order chi connectivity index (χ0) is 16.1. The highest BCUT2D eigenvalue weighted by Gasteiger charge is 2.13. The first-order valence-electron chi connectivity index (χ1n) is 7.53. The lowest BCUT2D eigenvalue weighted by Crippen LogP contribution is -2.26. The highest BCUT2D eigenvalue weighted by atomic mass is 32.1. The molecule has 0 saturated heterocycles. The van der Waals surface area contributed by atoms with Gasteiger partial charge in [0, 0.05) is 34.7 Å². The van der Waals surface area contributed by atoms with Crippen molar-refractivity contribution in [2.45, 2.75) is 32.0 Å². The number of hydrogen-bond donors (Lipinski definition) is 2. The molecule has 4 nitrogen and oxygen atoms in total. The first-order chi connectivity index (χ1) is 11.2. The number of nitrogens with one attached hydrogen (secondary N) is 1. The van der Waals surface area contributed by atoms with Gasteiger partial charge in [0.25, 0.3) is 0 Å². The quantitative estimate of drug-likeness (QED) is 0.682. The highest BCUT2D eigenvalue weighted by molar-refractivity contribution is 7.15. The second-order valence-corrected chi connectivity index (χ2v) is 7.49. The summed E-state index contributed by atoms with van der Waals surface area (Å²) in [6.45, 7) is 2.85. The van der Waals surface area contributed by atoms with Gasteiger partial charge in [-0.25, -0.2) is 4.98 Å². The fourth-order valence-electron chi connectivity index (χ4n) is 2.29. The fraction of sp³-hybridized carbons (Fsp3) is 0.294. The number of thiophene rings is 1. The number of pyridine rings is 1. The Labute approximate surface area is 143 Å². The van der Waals surface area contributed by atoms with Crippen LogP contribution < -0.4 is 5.32 Å². The van der Waals surface area contributed by atoms with E-state index >= 15 is 0 Å². The maximum Gasteiger partial charge on any atom is 0.142 e. The van der Waals surface area contributed by atoms with Crippen molar-refractivity contribution in [1.29, 1.82) is 0 Å². The van der Waals surface area contributed by atoms with Gasteiger partial charge in [-0.05, 0) is 36.9 Å². The van der Waals surface area contributed by atoms with E-state index in [0.29, 0.717) is 6.42 Å². The van der Waals surface area contributed by atoms with E-state index in [1.54, 1.807) is 28.9 Å². The summed E-state index contributed by atoms with van der Waals surface area (Å²) in [6.07, 6.45) is 3.97. The van der Waals surface area contributed by atoms with Crippen molar-refractivity contribution >= 4 is 22.7 Å². The van der Waals surface area contributed by atoms with Crippen molar-refractivity contribution < 1.29 is 5.11 Å². The van der Waals surface area contributed by atoms with Crippen LogP contribution in [0.15, 0.2) is 48.1 Å². The summed E-state index contributed by atoms with van der Waals surface area (Å²) >= 11 is 3.24. The molecule has 0 amide bonds. The molecule has 0 spiro atoms. The third-order valence-corrected chi connectivity index (χ3v) is 5.50. The molecule has 0 aliphatic heterocycles. The monoisotopic (exact) mass is 345 g/mol. The van der Waals surface area contributed by atoms with Gasteiger partial charge in [0.2, 0.25) is 0 Å². The Morgan fingerprint density at radius 3 is 2.87 bits per heavy atom. The van der Waals surface area contributed by atoms with Crippen LogP contribution in [0.5, 0.6) is 0 Å². The van der Waals surface area contributed by atoms with E-state index < -0.39 is 6.10 Å². The molecule has 0 radical (unpaired) electrons. The molecule has 0 bridgehead atoms. The zero-order valence-electron chi connectivity index (χ0n) is 12.8. The summed E-state index contributed by atoms with van der Waals surface area (Å²) in [5, 5.41) is 16.6. The lowest BCUT2D eigenvalue weighted by Gasteiger charge is -2.16. The third kappa shape index (κ3) is 4.45. The molecule has 6 heteroatoms. The Balaban J connectivity index is 1.51. The van der Waals surface area contributed by atoms with Gasteiger partial charge in [0.15, 0.2) is 0 Å². The second kappa shape index (κ2) is 7.79. The first-order valence-corrected chi connectivity index (χ1v) is 9.23. The number of rotatable bonds is 7. The molecule has 2 unspecified atom stereocenters. The summed E-state index contributed by atoms with van der Waals surface area (Å²) in [6, 6.07) is 10.0. The van der Waals surface area contributed by atoms with Crippen LogP contribution in [-0.4, -0.2) is 21.1 Å². The van der Waals surface area contributed by atoms with Crippen molar-refractivity contribution in [1.82, 2.24) is 15.3 Å². The summed E-state index contributed by atoms with van der Waals surface area (Å²) < 4.78 is 0. The van der Waals surface area contributed by atoms with Gasteiger partial charge in [0.1, 0.15) is 5.01 Å². The number of nitrogens with zero attached hydrogens (tertiary/aromatic N) is 2. The van der Waals surface area contributed by atoms with E-state index in [-0.39, 0.29) is 6.04 Å². The maximum atomic E-state index is 10.2. The minimum Gasteiger partial charge on any atom is -0.388 e. The number of aliphatic hydroxyl groups is 1. The van der Waals surface area contributed by atoms with Crippen LogP contribution in [-0.2, 0) is 6.54 Å². The number of thiazole rings is 1. The predicted octanol–water partition coefficient (Wildman–Crippen LogP) is 3.87. The lowest BCUT2D eigenvalue weighted by molar-refractivity contribution is 0.157. The van der Waals surface area contributed by atoms with E-state index in [2.05, 4.69) is 22.2 Å². The van der Waals surface area contributed by atoms with Gasteiger partial charge in [-0.3, -0.25) is 4.98 Å². The van der Waals surface area contributed by atoms with Crippen molar-refractivity contribution in [3.8, 4) is 10.7 Å². The third-order valence-electron chi connectivity index (χ3n) is 3.51. The van der Waals surface area contributed by atoms with Gasteiger partial charge >= 0.3 is 0 Å². The van der Waals surface area contributed by atoms with Crippen LogP contribution in [0.4, 0.5) is 0 Å². The molecule has 0 fully saturated rings. The molecule has 3 aromatic heterocycles. The summed E-state index contributed by atoms with van der Waals surface area (Å²) in [5.41, 5.74) is 0.907. The lowest BCUT2D eigenvalue weighted by atomic mass is 10.1. The smallest absolute Gasteiger partial charge is 0.142 e. The van der Waals surface area contributed by atoms with E-state index in [4.69, 9.17) is 0 Å². The molecule has 0 aliphatic rings. The molecule has 0 saturated carbocycles. The molecule has 3 heterocycles. The number of aliphatic hydroxyl groups excluding tert-OH is 1. The summed E-state index contributed by atoms with van der Waals surface area (Å²) in [4.78, 5) is 10.9. The summed E-state index contributed by atoms with van der Waals surface area (Å²) in [5.74, 6) is 0. The van der Waals surface area contributed by atoms with Crippen molar-refractivity contribution in [3.63, 3.8) is 0 Å². The number of hydrogen-bond acceptors (Lipinski definition) is 6. The molecule has 0 aromatic carbocycles. The van der Waals surface area contributed by atoms with Crippen LogP contribution >= 0.6 is 22.7 Å². The van der Waals surface area contributed by atoms with Crippen LogP contribution in [0.1, 0.15) is 29.2 Å². The van der Waals surface area contributed by atoms with Gasteiger partial charge in [-0.1, -0.05) is 12.1 Å². The largest absolute Gasteiger partial charge is 0.388 e. The molecule has 23 heavy (non-hydrogen) atoms. The van der Waals surface area contributed by atoms with Crippen LogP contribution in [0.25, 0.3) is 10.7 Å². The first kappa shape index (κ1) is 16.3. The van der Waals surface area contributed by atoms with Gasteiger partial charge in [-0.2, -0.15) is 0 Å². The fourth-order valence-corrected chi connectivity index (χ4v) is 3.85. The van der Waals surface area contributed by atoms with Crippen molar-refractivity contribution in [2.24, 2.45) is 0 Å². The molecule has 2 atom stereocenters. The average molecular weight is 345 g/mol. The average Bonchev–Trinajstić information content (AvgIpc) is 3.25. The van der Waals surface area contributed by atoms with Crippen molar-refractivity contribution in [2.75, 3.05) is 0 Å². The Morgan fingerprint density at radius 1 is 1.22 bits per heavy atom. The number of aromatic nitrogens is 2. The highest BCUT2D eigenvalue weighted by Crippen LogP contribution is 2.24. The molecule has 120 valence electrons. The molecule has 2 N–H and O–H groups in total. The summed E-state index contributed by atoms with van der Waals surface area (Å²) in [7, 11) is 0. The predicted molar refractivity (Wildman–Crippen MR) is 95.5 cm³/mol. The van der Waals surface area contributed by atoms with Crippen molar-refractivity contribution in [3.05, 3.63) is 57.9 Å². The molecular formula is C17H19N3OS2. The standard InChI is InChI=1S/C17H19N3OS2/c1-12(9-15(21)16-6-4-8-22-16)19-10-13-11-20-17(23-13)14-5-2-3-7-18-14/h2-8,11-12,15,19,21H,9-10H2,1H3. The topological polar surface area (TPSA) is 58.0 Å². The van der Waals surface area contributed by atoms with Gasteiger partial charge in [-0.15, -0.1) is 22.7 Å². The van der Waals surface area contributed by atoms with Gasteiger partial charge < -0.3 is 10.4 Å².